The Morgan fingerprint density at radius 1 is 1.32 bits per heavy atom. The number of carbonyl (C=O) groups is 1. The van der Waals surface area contributed by atoms with Crippen molar-refractivity contribution in [2.75, 3.05) is 5.73 Å². The maximum atomic E-state index is 11.3. The van der Waals surface area contributed by atoms with E-state index in [1.54, 1.807) is 18.3 Å². The lowest BCUT2D eigenvalue weighted by Gasteiger charge is -2.04. The Bertz CT molecular complexity index is 591. The standard InChI is InChI=1S/C11H12N6OS/c12-9-11(15-5-4-14-9)19-6-7-2-1-3-8(16-7)10(18)17-13/h1-5H,6,13H2,(H2,12,14)(H,17,18). The van der Waals surface area contributed by atoms with Gasteiger partial charge < -0.3 is 5.73 Å². The zero-order valence-corrected chi connectivity index (χ0v) is 10.7. The zero-order valence-electron chi connectivity index (χ0n) is 9.91. The smallest absolute Gasteiger partial charge is 0.283 e. The van der Waals surface area contributed by atoms with Crippen LogP contribution in [-0.4, -0.2) is 20.9 Å². The van der Waals surface area contributed by atoms with Crippen molar-refractivity contribution < 1.29 is 4.79 Å². The molecule has 0 radical (unpaired) electrons. The van der Waals surface area contributed by atoms with Crippen molar-refractivity contribution in [2.24, 2.45) is 5.84 Å². The van der Waals surface area contributed by atoms with Crippen LogP contribution in [0.5, 0.6) is 0 Å². The van der Waals surface area contributed by atoms with Crippen LogP contribution in [0.1, 0.15) is 16.2 Å². The molecule has 0 aliphatic heterocycles. The van der Waals surface area contributed by atoms with E-state index < -0.39 is 5.91 Å². The molecular weight excluding hydrogens is 264 g/mol. The van der Waals surface area contributed by atoms with Crippen LogP contribution >= 0.6 is 11.8 Å². The third-order valence-electron chi connectivity index (χ3n) is 2.22. The van der Waals surface area contributed by atoms with Crippen LogP contribution < -0.4 is 17.0 Å². The minimum Gasteiger partial charge on any atom is -0.381 e. The monoisotopic (exact) mass is 276 g/mol. The second-order valence-corrected chi connectivity index (χ2v) is 4.49. The van der Waals surface area contributed by atoms with Gasteiger partial charge in [-0.15, -0.1) is 0 Å². The minimum absolute atomic E-state index is 0.271. The van der Waals surface area contributed by atoms with Crippen molar-refractivity contribution in [3.63, 3.8) is 0 Å². The molecule has 2 heterocycles. The van der Waals surface area contributed by atoms with Crippen molar-refractivity contribution in [3.05, 3.63) is 42.0 Å². The number of hydrazine groups is 1. The number of nitrogens with two attached hydrogens (primary N) is 2. The fraction of sp³-hybridized carbons (Fsp3) is 0.0909. The van der Waals surface area contributed by atoms with Crippen molar-refractivity contribution in [2.45, 2.75) is 10.8 Å². The van der Waals surface area contributed by atoms with Gasteiger partial charge in [-0.3, -0.25) is 10.2 Å². The van der Waals surface area contributed by atoms with E-state index in [9.17, 15) is 4.79 Å². The molecule has 5 N–H and O–H groups in total. The van der Waals surface area contributed by atoms with Gasteiger partial charge in [0, 0.05) is 18.1 Å². The first-order chi connectivity index (χ1) is 9.20. The molecule has 0 aliphatic carbocycles. The maximum absolute atomic E-state index is 11.3. The molecule has 0 spiro atoms. The predicted molar refractivity (Wildman–Crippen MR) is 71.9 cm³/mol. The van der Waals surface area contributed by atoms with Gasteiger partial charge >= 0.3 is 0 Å². The lowest BCUT2D eigenvalue weighted by molar-refractivity contribution is 0.0948. The van der Waals surface area contributed by atoms with Crippen LogP contribution in [0.25, 0.3) is 0 Å². The molecule has 0 saturated heterocycles. The predicted octanol–water partition coefficient (Wildman–Crippen LogP) is 0.350. The number of rotatable bonds is 4. The first kappa shape index (κ1) is 13.2. The van der Waals surface area contributed by atoms with Crippen LogP contribution in [0.3, 0.4) is 0 Å². The second kappa shape index (κ2) is 6.12. The van der Waals surface area contributed by atoms with E-state index in [1.807, 2.05) is 11.5 Å². The molecule has 0 saturated carbocycles. The largest absolute Gasteiger partial charge is 0.381 e. The highest BCUT2D eigenvalue weighted by Crippen LogP contribution is 2.23. The number of nitrogens with one attached hydrogen (secondary N) is 1. The minimum atomic E-state index is -0.425. The Labute approximate surface area is 113 Å². The SMILES string of the molecule is NNC(=O)c1cccc(CSc2nccnc2N)n1. The van der Waals surface area contributed by atoms with E-state index in [4.69, 9.17) is 11.6 Å². The van der Waals surface area contributed by atoms with E-state index in [-0.39, 0.29) is 5.69 Å². The normalized spacial score (nSPS) is 10.2. The number of nitrogens with zero attached hydrogens (tertiary/aromatic N) is 3. The molecule has 2 rings (SSSR count). The summed E-state index contributed by atoms with van der Waals surface area (Å²) in [7, 11) is 0. The highest BCUT2D eigenvalue weighted by atomic mass is 32.2. The highest BCUT2D eigenvalue weighted by molar-refractivity contribution is 7.98. The van der Waals surface area contributed by atoms with Gasteiger partial charge in [0.15, 0.2) is 5.82 Å². The number of carbonyl (C=O) groups excluding carboxylic acids is 1. The van der Waals surface area contributed by atoms with Gasteiger partial charge in [-0.2, -0.15) is 0 Å². The van der Waals surface area contributed by atoms with Gasteiger partial charge in [0.1, 0.15) is 10.7 Å². The summed E-state index contributed by atoms with van der Waals surface area (Å²) in [5.74, 6) is 5.55. The fourth-order valence-corrected chi connectivity index (χ4v) is 2.13. The van der Waals surface area contributed by atoms with E-state index >= 15 is 0 Å². The third kappa shape index (κ3) is 3.39. The maximum Gasteiger partial charge on any atom is 0.283 e. The molecular formula is C11H12N6OS. The lowest BCUT2D eigenvalue weighted by atomic mass is 10.3. The first-order valence-electron chi connectivity index (χ1n) is 5.37. The quantitative estimate of drug-likeness (QED) is 0.319. The average molecular weight is 276 g/mol. The highest BCUT2D eigenvalue weighted by Gasteiger charge is 2.07. The van der Waals surface area contributed by atoms with Gasteiger partial charge in [-0.25, -0.2) is 20.8 Å². The number of hydrogen-bond donors (Lipinski definition) is 3. The molecule has 0 atom stereocenters. The number of nitrogen functional groups attached to an aromatic ring is 2. The Balaban J connectivity index is 2.08. The van der Waals surface area contributed by atoms with Crippen LogP contribution in [0, 0.1) is 0 Å². The Kier molecular flexibility index (Phi) is 4.26. The molecule has 7 nitrogen and oxygen atoms in total. The first-order valence-corrected chi connectivity index (χ1v) is 6.35. The summed E-state index contributed by atoms with van der Waals surface area (Å²) in [6.45, 7) is 0. The third-order valence-corrected chi connectivity index (χ3v) is 3.25. The molecule has 1 amide bonds. The van der Waals surface area contributed by atoms with Crippen molar-refractivity contribution in [1.29, 1.82) is 0 Å². The summed E-state index contributed by atoms with van der Waals surface area (Å²) in [6, 6.07) is 5.15. The van der Waals surface area contributed by atoms with Crippen LogP contribution in [0.4, 0.5) is 5.82 Å². The molecule has 0 aliphatic rings. The molecule has 0 fully saturated rings. The second-order valence-electron chi connectivity index (χ2n) is 3.52. The number of hydrogen-bond acceptors (Lipinski definition) is 7. The number of thioether (sulfide) groups is 1. The van der Waals surface area contributed by atoms with Crippen LogP contribution in [-0.2, 0) is 5.75 Å². The number of anilines is 1. The molecule has 2 aromatic heterocycles. The van der Waals surface area contributed by atoms with Crippen LogP contribution in [0.2, 0.25) is 0 Å². The molecule has 98 valence electrons. The summed E-state index contributed by atoms with van der Waals surface area (Å²) in [6.07, 6.45) is 3.11. The molecule has 19 heavy (non-hydrogen) atoms. The van der Waals surface area contributed by atoms with E-state index in [2.05, 4.69) is 15.0 Å². The molecule has 2 aromatic rings. The van der Waals surface area contributed by atoms with Crippen LogP contribution in [0.15, 0.2) is 35.6 Å². The number of pyridine rings is 1. The summed E-state index contributed by atoms with van der Waals surface area (Å²) in [5, 5.41) is 0.637. The number of aromatic nitrogens is 3. The van der Waals surface area contributed by atoms with Gasteiger partial charge in [0.2, 0.25) is 0 Å². The molecule has 8 heteroatoms. The Hall–Kier alpha value is -2.19. The summed E-state index contributed by atoms with van der Waals surface area (Å²) in [4.78, 5) is 23.6. The Morgan fingerprint density at radius 2 is 2.11 bits per heavy atom. The van der Waals surface area contributed by atoms with Gasteiger partial charge in [-0.05, 0) is 12.1 Å². The zero-order chi connectivity index (χ0) is 13.7. The van der Waals surface area contributed by atoms with E-state index in [1.165, 1.54) is 18.0 Å². The van der Waals surface area contributed by atoms with E-state index in [0.717, 1.165) is 5.69 Å². The van der Waals surface area contributed by atoms with Gasteiger partial charge in [-0.1, -0.05) is 17.8 Å². The topological polar surface area (TPSA) is 120 Å². The fourth-order valence-electron chi connectivity index (χ4n) is 1.35. The molecule has 0 bridgehead atoms. The molecule has 0 aromatic carbocycles. The lowest BCUT2D eigenvalue weighted by Crippen LogP contribution is -2.30. The van der Waals surface area contributed by atoms with Crippen molar-refractivity contribution in [1.82, 2.24) is 20.4 Å². The van der Waals surface area contributed by atoms with E-state index in [0.29, 0.717) is 16.6 Å². The van der Waals surface area contributed by atoms with Gasteiger partial charge in [0.25, 0.3) is 5.91 Å². The van der Waals surface area contributed by atoms with Crippen molar-refractivity contribution >= 4 is 23.5 Å². The Morgan fingerprint density at radius 3 is 2.84 bits per heavy atom. The van der Waals surface area contributed by atoms with Crippen molar-refractivity contribution in [3.8, 4) is 0 Å². The summed E-state index contributed by atoms with van der Waals surface area (Å²) < 4.78 is 0. The number of amides is 1. The summed E-state index contributed by atoms with van der Waals surface area (Å²) >= 11 is 1.40. The van der Waals surface area contributed by atoms with Gasteiger partial charge in [0.05, 0.1) is 5.69 Å². The summed E-state index contributed by atoms with van der Waals surface area (Å²) in [5.41, 5.74) is 8.73. The average Bonchev–Trinajstić information content (AvgIpc) is 2.46. The molecule has 0 unspecified atom stereocenters.